The van der Waals surface area contributed by atoms with Gasteiger partial charge in [-0.2, -0.15) is 0 Å². The van der Waals surface area contributed by atoms with E-state index in [-0.39, 0.29) is 11.8 Å². The van der Waals surface area contributed by atoms with Crippen LogP contribution in [-0.4, -0.2) is 21.4 Å². The standard InChI is InChI=1S/C50H72O2/c1-39(2)31-35-47(49(11,12)51)37-33-45(9)29-19-27-43(7)25-17-23-41(5)21-15-16-22-42(6)24-18-26-44(8)28-20-30-46(10)34-38-48(50(13,14)52)36-32-40(3)4/h15-34,37-38,47-48,51-52H,35-36H2,1-14H3. The van der Waals surface area contributed by atoms with Gasteiger partial charge in [-0.25, -0.2) is 0 Å². The van der Waals surface area contributed by atoms with Gasteiger partial charge in [0.25, 0.3) is 0 Å². The van der Waals surface area contributed by atoms with Gasteiger partial charge in [0, 0.05) is 11.8 Å². The first-order chi connectivity index (χ1) is 24.2. The minimum absolute atomic E-state index is 0.0703. The molecule has 0 aliphatic carbocycles. The molecule has 0 aliphatic heterocycles. The monoisotopic (exact) mass is 705 g/mol. The van der Waals surface area contributed by atoms with Crippen molar-refractivity contribution in [2.24, 2.45) is 11.8 Å². The first-order valence-corrected chi connectivity index (χ1v) is 18.7. The topological polar surface area (TPSA) is 40.5 Å². The molecule has 284 valence electrons. The molecule has 0 amide bonds. The Labute approximate surface area is 320 Å². The maximum Gasteiger partial charge on any atom is 0.0657 e. The molecule has 0 saturated heterocycles. The maximum atomic E-state index is 10.5. The van der Waals surface area contributed by atoms with E-state index >= 15 is 0 Å². The van der Waals surface area contributed by atoms with Crippen LogP contribution in [0.5, 0.6) is 0 Å². The van der Waals surface area contributed by atoms with Gasteiger partial charge in [-0.05, 0) is 110 Å². The van der Waals surface area contributed by atoms with Crippen molar-refractivity contribution in [2.75, 3.05) is 0 Å². The van der Waals surface area contributed by atoms with Crippen molar-refractivity contribution >= 4 is 0 Å². The maximum absolute atomic E-state index is 10.5. The SMILES string of the molecule is CC(C)=CCC(C=CC(C)=CC=CC(C)=CC=CC(C)=CC=CC=C(C)C=CC=C(C)C=CC=C(C)C=CC(CC=C(C)C)C(C)(C)O)C(C)(C)O. The van der Waals surface area contributed by atoms with Crippen molar-refractivity contribution in [3.63, 3.8) is 0 Å². The van der Waals surface area contributed by atoms with Gasteiger partial charge < -0.3 is 10.2 Å². The van der Waals surface area contributed by atoms with E-state index < -0.39 is 11.2 Å². The number of hydrogen-bond donors (Lipinski definition) is 2. The van der Waals surface area contributed by atoms with E-state index in [4.69, 9.17) is 0 Å². The Bertz CT molecular complexity index is 1430. The molecular formula is C50H72O2. The summed E-state index contributed by atoms with van der Waals surface area (Å²) >= 11 is 0. The predicted octanol–water partition coefficient (Wildman–Crippen LogP) is 14.0. The molecule has 2 N–H and O–H groups in total. The zero-order valence-corrected chi connectivity index (χ0v) is 35.2. The van der Waals surface area contributed by atoms with E-state index in [0.29, 0.717) is 0 Å². The minimum atomic E-state index is -0.761. The molecule has 0 aliphatic rings. The average Bonchev–Trinajstić information content (AvgIpc) is 3.01. The lowest BCUT2D eigenvalue weighted by Gasteiger charge is -2.26. The van der Waals surface area contributed by atoms with Crippen LogP contribution >= 0.6 is 0 Å². The van der Waals surface area contributed by atoms with Gasteiger partial charge in [0.15, 0.2) is 0 Å². The highest BCUT2D eigenvalue weighted by atomic mass is 16.3. The molecule has 0 aromatic heterocycles. The van der Waals surface area contributed by atoms with Crippen molar-refractivity contribution in [3.05, 3.63) is 178 Å². The second kappa shape index (κ2) is 25.9. The van der Waals surface area contributed by atoms with Crippen molar-refractivity contribution in [3.8, 4) is 0 Å². The summed E-state index contributed by atoms with van der Waals surface area (Å²) in [6.07, 6.45) is 47.9. The Morgan fingerprint density at radius 1 is 0.385 bits per heavy atom. The normalized spacial score (nSPS) is 16.6. The van der Waals surface area contributed by atoms with Gasteiger partial charge >= 0.3 is 0 Å². The summed E-state index contributed by atoms with van der Waals surface area (Å²) in [5.74, 6) is 0.141. The van der Waals surface area contributed by atoms with Crippen LogP contribution in [-0.2, 0) is 0 Å². The summed E-state index contributed by atoms with van der Waals surface area (Å²) in [7, 11) is 0. The number of hydrogen-bond acceptors (Lipinski definition) is 2. The van der Waals surface area contributed by atoms with Gasteiger partial charge in [-0.3, -0.25) is 0 Å². The Hall–Kier alpha value is -3.98. The highest BCUT2D eigenvalue weighted by molar-refractivity contribution is 5.34. The Balaban J connectivity index is 5.08. The van der Waals surface area contributed by atoms with Crippen LogP contribution in [0.2, 0.25) is 0 Å². The van der Waals surface area contributed by atoms with Crippen LogP contribution in [0.3, 0.4) is 0 Å². The molecule has 2 heteroatoms. The molecule has 0 radical (unpaired) electrons. The molecule has 0 saturated carbocycles. The molecule has 0 aromatic carbocycles. The predicted molar refractivity (Wildman–Crippen MR) is 234 cm³/mol. The van der Waals surface area contributed by atoms with Crippen molar-refractivity contribution in [1.29, 1.82) is 0 Å². The molecular weight excluding hydrogens is 633 g/mol. The summed E-state index contributed by atoms with van der Waals surface area (Å²) in [6, 6.07) is 0. The Morgan fingerprint density at radius 2 is 0.615 bits per heavy atom. The molecule has 0 aromatic rings. The fourth-order valence-electron chi connectivity index (χ4n) is 4.62. The third-order valence-electron chi connectivity index (χ3n) is 8.26. The molecule has 0 heterocycles. The third kappa shape index (κ3) is 26.8. The Kier molecular flexibility index (Phi) is 23.9. The summed E-state index contributed by atoms with van der Waals surface area (Å²) in [4.78, 5) is 0. The Morgan fingerprint density at radius 3 is 0.846 bits per heavy atom. The summed E-state index contributed by atoms with van der Waals surface area (Å²) in [5.41, 5.74) is 7.99. The van der Waals surface area contributed by atoms with Gasteiger partial charge in [0.05, 0.1) is 11.2 Å². The van der Waals surface area contributed by atoms with Crippen molar-refractivity contribution in [2.45, 2.75) is 121 Å². The molecule has 0 bridgehead atoms. The second-order valence-corrected chi connectivity index (χ2v) is 15.6. The first-order valence-electron chi connectivity index (χ1n) is 18.7. The van der Waals surface area contributed by atoms with Gasteiger partial charge in [-0.1, -0.05) is 178 Å². The number of aliphatic hydroxyl groups is 2. The van der Waals surface area contributed by atoms with E-state index in [1.54, 1.807) is 0 Å². The van der Waals surface area contributed by atoms with Gasteiger partial charge in [0.1, 0.15) is 0 Å². The van der Waals surface area contributed by atoms with Crippen LogP contribution in [0, 0.1) is 11.8 Å². The molecule has 0 fully saturated rings. The average molecular weight is 705 g/mol. The smallest absolute Gasteiger partial charge is 0.0657 e. The summed E-state index contributed by atoms with van der Waals surface area (Å²) < 4.78 is 0. The molecule has 52 heavy (non-hydrogen) atoms. The quantitative estimate of drug-likeness (QED) is 0.0978. The molecule has 2 atom stereocenters. The third-order valence-corrected chi connectivity index (χ3v) is 8.26. The molecule has 0 spiro atoms. The van der Waals surface area contributed by atoms with Crippen LogP contribution in [0.15, 0.2) is 178 Å². The summed E-state index contributed by atoms with van der Waals surface area (Å²) in [6.45, 7) is 28.4. The second-order valence-electron chi connectivity index (χ2n) is 15.6. The highest BCUT2D eigenvalue weighted by Gasteiger charge is 2.24. The van der Waals surface area contributed by atoms with Crippen LogP contribution < -0.4 is 0 Å². The van der Waals surface area contributed by atoms with Crippen LogP contribution in [0.25, 0.3) is 0 Å². The lowest BCUT2D eigenvalue weighted by Crippen LogP contribution is -2.29. The zero-order valence-electron chi connectivity index (χ0n) is 35.2. The van der Waals surface area contributed by atoms with E-state index in [9.17, 15) is 10.2 Å². The molecule has 2 unspecified atom stereocenters. The zero-order chi connectivity index (χ0) is 39.7. The van der Waals surface area contributed by atoms with Crippen LogP contribution in [0.4, 0.5) is 0 Å². The number of allylic oxidation sites excluding steroid dienone is 28. The van der Waals surface area contributed by atoms with E-state index in [1.165, 1.54) is 33.4 Å². The lowest BCUT2D eigenvalue weighted by atomic mass is 9.87. The number of rotatable bonds is 20. The van der Waals surface area contributed by atoms with Gasteiger partial charge in [0.2, 0.25) is 0 Å². The van der Waals surface area contributed by atoms with Crippen molar-refractivity contribution in [1.82, 2.24) is 0 Å². The molecule has 0 rings (SSSR count). The fraction of sp³-hybridized carbons (Fsp3) is 0.400. The first kappa shape index (κ1) is 48.0. The van der Waals surface area contributed by atoms with Gasteiger partial charge in [-0.15, -0.1) is 0 Å². The molecule has 2 nitrogen and oxygen atoms in total. The lowest BCUT2D eigenvalue weighted by molar-refractivity contribution is 0.0375. The van der Waals surface area contributed by atoms with Crippen molar-refractivity contribution < 1.29 is 10.2 Å². The largest absolute Gasteiger partial charge is 0.390 e. The summed E-state index contributed by atoms with van der Waals surface area (Å²) in [5, 5.41) is 21.1. The fourth-order valence-corrected chi connectivity index (χ4v) is 4.62. The minimum Gasteiger partial charge on any atom is -0.390 e. The van der Waals surface area contributed by atoms with E-state index in [2.05, 4.69) is 203 Å². The highest BCUT2D eigenvalue weighted by Crippen LogP contribution is 2.24. The van der Waals surface area contributed by atoms with E-state index in [0.717, 1.165) is 24.0 Å². The van der Waals surface area contributed by atoms with Crippen LogP contribution in [0.1, 0.15) is 110 Å². The van der Waals surface area contributed by atoms with E-state index in [1.807, 2.05) is 27.7 Å².